The van der Waals surface area contributed by atoms with E-state index in [-0.39, 0.29) is 6.54 Å². The van der Waals surface area contributed by atoms with Crippen LogP contribution < -0.4 is 4.72 Å². The molecule has 0 aliphatic rings. The van der Waals surface area contributed by atoms with Gasteiger partial charge in [0.05, 0.1) is 6.20 Å². The highest BCUT2D eigenvalue weighted by atomic mass is 32.2. The third-order valence-corrected chi connectivity index (χ3v) is 5.77. The number of nitrogens with zero attached hydrogens (tertiary/aromatic N) is 4. The monoisotopic (exact) mass is 335 g/mol. The second-order valence-corrected chi connectivity index (χ2v) is 7.31. The Balaban J connectivity index is 1.67. The number of rotatable bonds is 6. The van der Waals surface area contributed by atoms with Crippen molar-refractivity contribution in [1.82, 2.24) is 24.2 Å². The average molecular weight is 335 g/mol. The molecule has 0 spiro atoms. The molecule has 0 amide bonds. The fourth-order valence-electron chi connectivity index (χ4n) is 1.93. The molecule has 114 valence electrons. The summed E-state index contributed by atoms with van der Waals surface area (Å²) in [5.41, 5.74) is 0.647. The number of sulfonamides is 1. The van der Waals surface area contributed by atoms with Crippen LogP contribution in [0.15, 0.2) is 52.7 Å². The summed E-state index contributed by atoms with van der Waals surface area (Å²) in [6.07, 6.45) is 8.23. The molecule has 0 aromatic carbocycles. The van der Waals surface area contributed by atoms with E-state index in [4.69, 9.17) is 0 Å². The lowest BCUT2D eigenvalue weighted by molar-refractivity contribution is 0.575. The Labute approximate surface area is 131 Å². The smallest absolute Gasteiger partial charge is 0.250 e. The van der Waals surface area contributed by atoms with Gasteiger partial charge in [0, 0.05) is 37.9 Å². The molecule has 0 saturated heterocycles. The highest BCUT2D eigenvalue weighted by molar-refractivity contribution is 7.91. The van der Waals surface area contributed by atoms with Gasteiger partial charge < -0.3 is 4.57 Å². The lowest BCUT2D eigenvalue weighted by atomic mass is 10.4. The Hall–Kier alpha value is -2.10. The van der Waals surface area contributed by atoms with Crippen LogP contribution >= 0.6 is 11.3 Å². The van der Waals surface area contributed by atoms with Gasteiger partial charge in [-0.15, -0.1) is 11.3 Å². The minimum Gasteiger partial charge on any atom is -0.328 e. The van der Waals surface area contributed by atoms with Gasteiger partial charge in [0.15, 0.2) is 5.82 Å². The third-order valence-electron chi connectivity index (χ3n) is 2.91. The van der Waals surface area contributed by atoms with Gasteiger partial charge in [-0.2, -0.15) is 0 Å². The molecule has 0 bridgehead atoms. The second kappa shape index (κ2) is 6.34. The molecule has 0 fully saturated rings. The van der Waals surface area contributed by atoms with Gasteiger partial charge in [0.2, 0.25) is 10.0 Å². The summed E-state index contributed by atoms with van der Waals surface area (Å²) in [7, 11) is -3.44. The van der Waals surface area contributed by atoms with E-state index in [9.17, 15) is 8.42 Å². The molecule has 9 heteroatoms. The zero-order chi connectivity index (χ0) is 15.4. The Bertz CT molecular complexity index is 828. The molecule has 0 radical (unpaired) electrons. The molecule has 7 nitrogen and oxygen atoms in total. The number of thiophene rings is 1. The zero-order valence-electron chi connectivity index (χ0n) is 11.5. The van der Waals surface area contributed by atoms with Gasteiger partial charge in [-0.05, 0) is 11.4 Å². The van der Waals surface area contributed by atoms with Crippen molar-refractivity contribution < 1.29 is 8.42 Å². The van der Waals surface area contributed by atoms with Crippen molar-refractivity contribution in [2.75, 3.05) is 6.54 Å². The molecule has 0 saturated carbocycles. The minimum absolute atomic E-state index is 0.268. The number of aromatic nitrogens is 4. The summed E-state index contributed by atoms with van der Waals surface area (Å²) < 4.78 is 28.8. The van der Waals surface area contributed by atoms with Crippen LogP contribution in [-0.2, 0) is 16.6 Å². The Kier molecular flexibility index (Phi) is 4.27. The van der Waals surface area contributed by atoms with E-state index in [0.29, 0.717) is 22.3 Å². The van der Waals surface area contributed by atoms with Crippen molar-refractivity contribution in [2.45, 2.75) is 10.8 Å². The summed E-state index contributed by atoms with van der Waals surface area (Å²) in [6, 6.07) is 3.29. The van der Waals surface area contributed by atoms with Crippen LogP contribution in [0.5, 0.6) is 0 Å². The number of imidazole rings is 1. The van der Waals surface area contributed by atoms with Crippen LogP contribution in [0.25, 0.3) is 11.5 Å². The average Bonchev–Trinajstić information content (AvgIpc) is 3.20. The van der Waals surface area contributed by atoms with Crippen molar-refractivity contribution in [1.29, 1.82) is 0 Å². The van der Waals surface area contributed by atoms with Crippen LogP contribution in [0.2, 0.25) is 0 Å². The van der Waals surface area contributed by atoms with Gasteiger partial charge in [0.25, 0.3) is 0 Å². The van der Waals surface area contributed by atoms with E-state index < -0.39 is 10.0 Å². The van der Waals surface area contributed by atoms with Gasteiger partial charge in [0.1, 0.15) is 9.90 Å². The quantitative estimate of drug-likeness (QED) is 0.735. The van der Waals surface area contributed by atoms with E-state index in [1.807, 2.05) is 4.57 Å². The molecule has 3 heterocycles. The first-order chi connectivity index (χ1) is 10.7. The highest BCUT2D eigenvalue weighted by Gasteiger charge is 2.14. The van der Waals surface area contributed by atoms with Crippen LogP contribution in [0.1, 0.15) is 0 Å². The van der Waals surface area contributed by atoms with Crippen LogP contribution in [-0.4, -0.2) is 34.5 Å². The van der Waals surface area contributed by atoms with E-state index in [2.05, 4.69) is 19.7 Å². The summed E-state index contributed by atoms with van der Waals surface area (Å²) in [5, 5.41) is 1.73. The van der Waals surface area contributed by atoms with E-state index in [0.717, 1.165) is 0 Å². The maximum Gasteiger partial charge on any atom is 0.250 e. The summed E-state index contributed by atoms with van der Waals surface area (Å²) >= 11 is 1.19. The lowest BCUT2D eigenvalue weighted by Crippen LogP contribution is -2.26. The fraction of sp³-hybridized carbons (Fsp3) is 0.154. The van der Waals surface area contributed by atoms with Crippen LogP contribution in [0, 0.1) is 0 Å². The van der Waals surface area contributed by atoms with E-state index in [1.54, 1.807) is 48.5 Å². The molecule has 1 N–H and O–H groups in total. The van der Waals surface area contributed by atoms with Gasteiger partial charge >= 0.3 is 0 Å². The zero-order valence-corrected chi connectivity index (χ0v) is 13.1. The minimum atomic E-state index is -3.44. The van der Waals surface area contributed by atoms with Crippen molar-refractivity contribution in [3.8, 4) is 11.5 Å². The van der Waals surface area contributed by atoms with Gasteiger partial charge in [-0.25, -0.2) is 23.1 Å². The van der Waals surface area contributed by atoms with E-state index >= 15 is 0 Å². The molecular weight excluding hydrogens is 322 g/mol. The molecule has 0 unspecified atom stereocenters. The predicted molar refractivity (Wildman–Crippen MR) is 82.8 cm³/mol. The van der Waals surface area contributed by atoms with Crippen molar-refractivity contribution in [3.05, 3.63) is 48.5 Å². The first-order valence-corrected chi connectivity index (χ1v) is 8.84. The molecular formula is C13H13N5O2S2. The van der Waals surface area contributed by atoms with Gasteiger partial charge in [-0.1, -0.05) is 6.07 Å². The van der Waals surface area contributed by atoms with Crippen molar-refractivity contribution in [3.63, 3.8) is 0 Å². The Morgan fingerprint density at radius 1 is 1.23 bits per heavy atom. The van der Waals surface area contributed by atoms with Crippen molar-refractivity contribution >= 4 is 21.4 Å². The largest absolute Gasteiger partial charge is 0.328 e. The van der Waals surface area contributed by atoms with Crippen LogP contribution in [0.3, 0.4) is 0 Å². The van der Waals surface area contributed by atoms with Crippen molar-refractivity contribution in [2.24, 2.45) is 0 Å². The first kappa shape index (κ1) is 14.8. The Morgan fingerprint density at radius 2 is 2.14 bits per heavy atom. The Morgan fingerprint density at radius 3 is 2.86 bits per heavy atom. The maximum atomic E-state index is 12.0. The molecule has 3 rings (SSSR count). The lowest BCUT2D eigenvalue weighted by Gasteiger charge is -2.08. The molecule has 0 atom stereocenters. The standard InChI is InChI=1S/C13H13N5O2S2/c19-22(20,12-2-1-9-21-12)17-6-8-18-7-5-16-13(18)11-10-14-3-4-15-11/h1-5,7,9-10,17H,6,8H2. The normalized spacial score (nSPS) is 11.6. The number of hydrogen-bond acceptors (Lipinski definition) is 6. The predicted octanol–water partition coefficient (Wildman–Crippen LogP) is 1.38. The molecule has 3 aromatic heterocycles. The molecule has 0 aliphatic carbocycles. The van der Waals surface area contributed by atoms with Gasteiger partial charge in [-0.3, -0.25) is 4.98 Å². The first-order valence-electron chi connectivity index (χ1n) is 6.47. The van der Waals surface area contributed by atoms with Crippen LogP contribution in [0.4, 0.5) is 0 Å². The summed E-state index contributed by atoms with van der Waals surface area (Å²) in [6.45, 7) is 0.723. The summed E-state index contributed by atoms with van der Waals surface area (Å²) in [5.74, 6) is 0.656. The summed E-state index contributed by atoms with van der Waals surface area (Å²) in [4.78, 5) is 12.4. The third kappa shape index (κ3) is 3.21. The second-order valence-electron chi connectivity index (χ2n) is 4.36. The van der Waals surface area contributed by atoms with E-state index in [1.165, 1.54) is 11.3 Å². The number of hydrogen-bond donors (Lipinski definition) is 1. The highest BCUT2D eigenvalue weighted by Crippen LogP contribution is 2.15. The fourth-order valence-corrected chi connectivity index (χ4v) is 3.98. The molecule has 3 aromatic rings. The molecule has 0 aliphatic heterocycles. The topological polar surface area (TPSA) is 89.8 Å². The SMILES string of the molecule is O=S(=O)(NCCn1ccnc1-c1cnccn1)c1cccs1. The maximum absolute atomic E-state index is 12.0. The molecule has 22 heavy (non-hydrogen) atoms. The number of nitrogens with one attached hydrogen (secondary N) is 1.